The molecule has 1 aromatic heterocycles. The zero-order chi connectivity index (χ0) is 36.6. The molecule has 1 N–H and O–H groups in total. The van der Waals surface area contributed by atoms with Crippen LogP contribution in [0.1, 0.15) is 67.8 Å². The number of phenolic OH excluding ortho intramolecular Hbond substituents is 1. The van der Waals surface area contributed by atoms with Crippen LogP contribution in [0.3, 0.4) is 0 Å². The SMILES string of the molecule is C#Cc1c(F)ccc2cc(O)cc(C3=Cc4nc(OC[C@]5(C)C[C@@H](F)CN5CC5CCOCC5)nc(N(C)C[C@@H]5CCCN5C(=O)C=C)c4CC3)c12. The molecule has 274 valence electrons. The highest BCUT2D eigenvalue weighted by molar-refractivity contribution is 6.02. The van der Waals surface area contributed by atoms with Gasteiger partial charge in [-0.1, -0.05) is 18.6 Å². The number of aromatic nitrogens is 2. The van der Waals surface area contributed by atoms with Crippen LogP contribution in [-0.2, 0) is 16.0 Å². The van der Waals surface area contributed by atoms with Crippen molar-refractivity contribution in [3.63, 3.8) is 0 Å². The third-order valence-electron chi connectivity index (χ3n) is 11.3. The Labute approximate surface area is 304 Å². The number of allylic oxidation sites excluding steroid dienone is 1. The molecule has 0 bridgehead atoms. The summed E-state index contributed by atoms with van der Waals surface area (Å²) in [6.45, 7) is 9.81. The summed E-state index contributed by atoms with van der Waals surface area (Å²) in [5.74, 6) is 3.12. The lowest BCUT2D eigenvalue weighted by Crippen LogP contribution is -2.48. The van der Waals surface area contributed by atoms with Crippen molar-refractivity contribution < 1.29 is 28.2 Å². The molecule has 1 aliphatic carbocycles. The average molecular weight is 712 g/mol. The summed E-state index contributed by atoms with van der Waals surface area (Å²) in [5, 5.41) is 11.9. The number of carbonyl (C=O) groups is 1. The Bertz CT molecular complexity index is 1940. The lowest BCUT2D eigenvalue weighted by Gasteiger charge is -2.37. The monoisotopic (exact) mass is 711 g/mol. The first-order chi connectivity index (χ1) is 25.1. The number of ether oxygens (including phenoxy) is 2. The fourth-order valence-corrected chi connectivity index (χ4v) is 8.61. The molecule has 4 aliphatic rings. The summed E-state index contributed by atoms with van der Waals surface area (Å²) >= 11 is 0. The average Bonchev–Trinajstić information content (AvgIpc) is 3.72. The Hall–Kier alpha value is -4.53. The second-order valence-electron chi connectivity index (χ2n) is 15.0. The smallest absolute Gasteiger partial charge is 0.318 e. The third kappa shape index (κ3) is 7.11. The minimum absolute atomic E-state index is 0.00597. The lowest BCUT2D eigenvalue weighted by molar-refractivity contribution is -0.126. The largest absolute Gasteiger partial charge is 0.508 e. The molecular weight excluding hydrogens is 664 g/mol. The standard InChI is InChI=1S/C41H47F2N5O4/c1-5-32-35(43)12-10-28-18-31(49)20-34(38(28)32)27-9-11-33-36(19-27)44-40(45-39(33)46(4)24-30-8-7-15-48(30)37(50)6-2)52-25-41(3)21-29(42)23-47(41)22-26-13-16-51-17-14-26/h1,6,10,12,18-20,26,29-30,49H,2,7-9,11,13-17,21-25H2,3-4H3/t29-,30+,41+/m1/s1. The first kappa shape index (κ1) is 35.9. The van der Waals surface area contributed by atoms with E-state index >= 15 is 4.39 Å². The van der Waals surface area contributed by atoms with Crippen LogP contribution in [0.4, 0.5) is 14.6 Å². The highest BCUT2D eigenvalue weighted by Crippen LogP contribution is 2.41. The summed E-state index contributed by atoms with van der Waals surface area (Å²) < 4.78 is 42.0. The number of aromatic hydroxyl groups is 1. The molecule has 3 saturated heterocycles. The second-order valence-corrected chi connectivity index (χ2v) is 15.0. The number of halogens is 2. The number of rotatable bonds is 10. The first-order valence-corrected chi connectivity index (χ1v) is 18.3. The molecule has 0 saturated carbocycles. The number of nitrogens with zero attached hydrogens (tertiary/aromatic N) is 5. The molecule has 2 aromatic carbocycles. The molecule has 7 rings (SSSR count). The molecule has 11 heteroatoms. The van der Waals surface area contributed by atoms with E-state index < -0.39 is 17.5 Å². The first-order valence-electron chi connectivity index (χ1n) is 18.3. The number of alkyl halides is 1. The number of carbonyl (C=O) groups excluding carboxylic acids is 1. The summed E-state index contributed by atoms with van der Waals surface area (Å²) in [6.07, 6.45) is 13.3. The number of likely N-dealkylation sites (tertiary alicyclic amines) is 2. The van der Waals surface area contributed by atoms with Gasteiger partial charge in [-0.25, -0.2) is 8.78 Å². The lowest BCUT2D eigenvalue weighted by atomic mass is 9.87. The number of amides is 1. The van der Waals surface area contributed by atoms with Gasteiger partial charge in [0.05, 0.1) is 16.8 Å². The van der Waals surface area contributed by atoms with Crippen molar-refractivity contribution in [1.29, 1.82) is 0 Å². The maximum atomic E-state index is 15.0. The van der Waals surface area contributed by atoms with Gasteiger partial charge < -0.3 is 24.4 Å². The summed E-state index contributed by atoms with van der Waals surface area (Å²) in [6, 6.07) is 6.31. The molecule has 4 heterocycles. The van der Waals surface area contributed by atoms with Crippen LogP contribution >= 0.6 is 0 Å². The molecule has 1 amide bonds. The van der Waals surface area contributed by atoms with Crippen molar-refractivity contribution in [1.82, 2.24) is 19.8 Å². The minimum Gasteiger partial charge on any atom is -0.508 e. The summed E-state index contributed by atoms with van der Waals surface area (Å²) in [5.41, 5.74) is 2.65. The summed E-state index contributed by atoms with van der Waals surface area (Å²) in [7, 11) is 1.97. The number of anilines is 1. The topological polar surface area (TPSA) is 91.3 Å². The van der Waals surface area contributed by atoms with Crippen LogP contribution in [0, 0.1) is 24.1 Å². The molecule has 3 aromatic rings. The highest BCUT2D eigenvalue weighted by atomic mass is 19.1. The number of hydrogen-bond acceptors (Lipinski definition) is 8. The van der Waals surface area contributed by atoms with Gasteiger partial charge in [0, 0.05) is 69.9 Å². The Balaban J connectivity index is 1.25. The van der Waals surface area contributed by atoms with Gasteiger partial charge in [0.1, 0.15) is 30.2 Å². The molecule has 9 nitrogen and oxygen atoms in total. The van der Waals surface area contributed by atoms with E-state index in [1.54, 1.807) is 18.2 Å². The van der Waals surface area contributed by atoms with Crippen LogP contribution < -0.4 is 9.64 Å². The molecule has 3 fully saturated rings. The number of benzene rings is 2. The maximum absolute atomic E-state index is 15.0. The van der Waals surface area contributed by atoms with Gasteiger partial charge in [-0.2, -0.15) is 9.97 Å². The third-order valence-corrected chi connectivity index (χ3v) is 11.3. The van der Waals surface area contributed by atoms with E-state index in [-0.39, 0.29) is 35.9 Å². The molecule has 0 unspecified atom stereocenters. The fourth-order valence-electron chi connectivity index (χ4n) is 8.61. The molecule has 3 aliphatic heterocycles. The van der Waals surface area contributed by atoms with Crippen molar-refractivity contribution >= 4 is 34.1 Å². The Morgan fingerprint density at radius 1 is 1.25 bits per heavy atom. The minimum atomic E-state index is -0.951. The number of terminal acetylenes is 1. The van der Waals surface area contributed by atoms with Crippen LogP contribution in [0.15, 0.2) is 36.9 Å². The van der Waals surface area contributed by atoms with Crippen molar-refractivity contribution in [3.05, 3.63) is 65.1 Å². The predicted molar refractivity (Wildman–Crippen MR) is 198 cm³/mol. The van der Waals surface area contributed by atoms with E-state index in [4.69, 9.17) is 25.9 Å². The van der Waals surface area contributed by atoms with E-state index in [0.29, 0.717) is 72.7 Å². The number of hydrogen-bond donors (Lipinski definition) is 1. The quantitative estimate of drug-likeness (QED) is 0.198. The van der Waals surface area contributed by atoms with Gasteiger partial charge in [0.2, 0.25) is 5.91 Å². The molecular formula is C41H47F2N5O4. The molecule has 0 spiro atoms. The molecule has 52 heavy (non-hydrogen) atoms. The van der Waals surface area contributed by atoms with Crippen LogP contribution in [0.5, 0.6) is 11.8 Å². The number of phenols is 1. The fraction of sp³-hybridized carbons (Fsp3) is 0.488. The Morgan fingerprint density at radius 3 is 2.83 bits per heavy atom. The Kier molecular flexibility index (Phi) is 10.2. The van der Waals surface area contributed by atoms with Crippen LogP contribution in [0.25, 0.3) is 22.4 Å². The van der Waals surface area contributed by atoms with Gasteiger partial charge in [-0.3, -0.25) is 9.69 Å². The Morgan fingerprint density at radius 2 is 2.06 bits per heavy atom. The molecule has 0 radical (unpaired) electrons. The van der Waals surface area contributed by atoms with Gasteiger partial charge in [0.15, 0.2) is 0 Å². The maximum Gasteiger partial charge on any atom is 0.318 e. The zero-order valence-electron chi connectivity index (χ0n) is 30.0. The van der Waals surface area contributed by atoms with E-state index in [2.05, 4.69) is 29.2 Å². The van der Waals surface area contributed by atoms with E-state index in [1.165, 1.54) is 12.1 Å². The van der Waals surface area contributed by atoms with E-state index in [1.807, 2.05) is 18.0 Å². The van der Waals surface area contributed by atoms with Gasteiger partial charge >= 0.3 is 6.01 Å². The van der Waals surface area contributed by atoms with E-state index in [9.17, 15) is 14.3 Å². The summed E-state index contributed by atoms with van der Waals surface area (Å²) in [4.78, 5) is 28.7. The second kappa shape index (κ2) is 14.8. The number of likely N-dealkylation sites (N-methyl/N-ethyl adjacent to an activating group) is 1. The van der Waals surface area contributed by atoms with Gasteiger partial charge in [-0.15, -0.1) is 6.42 Å². The van der Waals surface area contributed by atoms with Gasteiger partial charge in [-0.05, 0) is 98.2 Å². The highest BCUT2D eigenvalue weighted by Gasteiger charge is 2.44. The normalized spacial score (nSPS) is 23.7. The van der Waals surface area contributed by atoms with E-state index in [0.717, 1.165) is 56.6 Å². The van der Waals surface area contributed by atoms with Crippen LogP contribution in [-0.4, -0.2) is 102 Å². The molecule has 3 atom stereocenters. The van der Waals surface area contributed by atoms with Crippen molar-refractivity contribution in [2.75, 3.05) is 57.9 Å². The number of fused-ring (bicyclic) bond motifs is 2. The van der Waals surface area contributed by atoms with Crippen molar-refractivity contribution in [2.45, 2.75) is 69.6 Å². The van der Waals surface area contributed by atoms with Crippen molar-refractivity contribution in [3.8, 4) is 24.1 Å². The predicted octanol–water partition coefficient (Wildman–Crippen LogP) is 6.16. The van der Waals surface area contributed by atoms with Crippen molar-refractivity contribution in [2.24, 2.45) is 5.92 Å². The zero-order valence-corrected chi connectivity index (χ0v) is 30.0. The van der Waals surface area contributed by atoms with Gasteiger partial charge in [0.25, 0.3) is 0 Å². The van der Waals surface area contributed by atoms with Crippen LogP contribution in [0.2, 0.25) is 0 Å².